The summed E-state index contributed by atoms with van der Waals surface area (Å²) >= 11 is 0. The molecule has 2 heteroatoms. The number of benzene rings is 2. The zero-order valence-corrected chi connectivity index (χ0v) is 11.3. The first kappa shape index (κ1) is 12.5. The molecule has 0 saturated heterocycles. The minimum atomic E-state index is -0.499. The molecule has 2 nitrogen and oxygen atoms in total. The van der Waals surface area contributed by atoms with Gasteiger partial charge in [0.05, 0.1) is 12.7 Å². The van der Waals surface area contributed by atoms with Crippen molar-refractivity contribution in [3.63, 3.8) is 0 Å². The molecule has 19 heavy (non-hydrogen) atoms. The molecular formula is C17H20O2. The zero-order chi connectivity index (χ0) is 13.2. The van der Waals surface area contributed by atoms with Crippen molar-refractivity contribution >= 4 is 10.8 Å². The van der Waals surface area contributed by atoms with Crippen LogP contribution in [0.2, 0.25) is 0 Å². The van der Waals surface area contributed by atoms with E-state index >= 15 is 0 Å². The van der Waals surface area contributed by atoms with Gasteiger partial charge in [-0.05, 0) is 31.1 Å². The monoisotopic (exact) mass is 256 g/mol. The van der Waals surface area contributed by atoms with Crippen molar-refractivity contribution in [2.24, 2.45) is 5.92 Å². The standard InChI is InChI=1S/C17H20O2/c1-12(18)15-10-9-14-7-2-3-8-16(14)17(15)19-11-13-5-4-6-13/h2-3,7-10,12-13,18H,4-6,11H2,1H3. The van der Waals surface area contributed by atoms with E-state index in [0.717, 1.165) is 28.7 Å². The van der Waals surface area contributed by atoms with Crippen LogP contribution in [0.5, 0.6) is 5.75 Å². The maximum absolute atomic E-state index is 9.92. The maximum atomic E-state index is 9.92. The number of fused-ring (bicyclic) bond motifs is 1. The Labute approximate surface area is 114 Å². The molecule has 100 valence electrons. The van der Waals surface area contributed by atoms with Crippen LogP contribution in [-0.4, -0.2) is 11.7 Å². The summed E-state index contributed by atoms with van der Waals surface area (Å²) in [6.45, 7) is 2.56. The lowest BCUT2D eigenvalue weighted by Crippen LogP contribution is -2.20. The van der Waals surface area contributed by atoms with Crippen molar-refractivity contribution in [3.05, 3.63) is 42.0 Å². The second-order valence-electron chi connectivity index (χ2n) is 5.49. The molecule has 0 aromatic heterocycles. The predicted octanol–water partition coefficient (Wildman–Crippen LogP) is 4.07. The highest BCUT2D eigenvalue weighted by Gasteiger charge is 2.20. The number of hydrogen-bond acceptors (Lipinski definition) is 2. The first-order valence-electron chi connectivity index (χ1n) is 7.08. The Bertz CT molecular complexity index is 570. The van der Waals surface area contributed by atoms with Gasteiger partial charge in [-0.15, -0.1) is 0 Å². The number of rotatable bonds is 4. The van der Waals surface area contributed by atoms with E-state index < -0.39 is 6.10 Å². The second kappa shape index (κ2) is 5.22. The second-order valence-corrected chi connectivity index (χ2v) is 5.49. The van der Waals surface area contributed by atoms with Crippen LogP contribution in [0.15, 0.2) is 36.4 Å². The molecule has 1 saturated carbocycles. The highest BCUT2D eigenvalue weighted by Crippen LogP contribution is 2.35. The average Bonchev–Trinajstić information content (AvgIpc) is 2.36. The first-order valence-corrected chi connectivity index (χ1v) is 7.08. The van der Waals surface area contributed by atoms with E-state index in [-0.39, 0.29) is 0 Å². The summed E-state index contributed by atoms with van der Waals surface area (Å²) in [6, 6.07) is 12.2. The third kappa shape index (κ3) is 2.45. The molecule has 1 N–H and O–H groups in total. The minimum Gasteiger partial charge on any atom is -0.492 e. The smallest absolute Gasteiger partial charge is 0.132 e. The molecule has 1 fully saturated rings. The highest BCUT2D eigenvalue weighted by molar-refractivity contribution is 5.89. The molecule has 0 spiro atoms. The van der Waals surface area contributed by atoms with Gasteiger partial charge in [0.25, 0.3) is 0 Å². The topological polar surface area (TPSA) is 29.5 Å². The van der Waals surface area contributed by atoms with Crippen molar-refractivity contribution in [1.82, 2.24) is 0 Å². The van der Waals surface area contributed by atoms with Gasteiger partial charge in [0.15, 0.2) is 0 Å². The van der Waals surface area contributed by atoms with Crippen molar-refractivity contribution in [2.45, 2.75) is 32.3 Å². The molecule has 1 aliphatic rings. The Hall–Kier alpha value is -1.54. The lowest BCUT2D eigenvalue weighted by Gasteiger charge is -2.26. The normalized spacial score (nSPS) is 17.2. The fourth-order valence-corrected chi connectivity index (χ4v) is 2.61. The highest BCUT2D eigenvalue weighted by atomic mass is 16.5. The summed E-state index contributed by atoms with van der Waals surface area (Å²) in [5.41, 5.74) is 0.887. The van der Waals surface area contributed by atoms with E-state index in [1.165, 1.54) is 19.3 Å². The van der Waals surface area contributed by atoms with Gasteiger partial charge >= 0.3 is 0 Å². The van der Waals surface area contributed by atoms with Gasteiger partial charge in [0, 0.05) is 10.9 Å². The molecule has 1 unspecified atom stereocenters. The van der Waals surface area contributed by atoms with Crippen LogP contribution < -0.4 is 4.74 Å². The van der Waals surface area contributed by atoms with E-state index in [4.69, 9.17) is 4.74 Å². The summed E-state index contributed by atoms with van der Waals surface area (Å²) in [7, 11) is 0. The van der Waals surface area contributed by atoms with Crippen molar-refractivity contribution in [3.8, 4) is 5.75 Å². The van der Waals surface area contributed by atoms with Crippen LogP contribution >= 0.6 is 0 Å². The Morgan fingerprint density at radius 2 is 2.00 bits per heavy atom. The van der Waals surface area contributed by atoms with Crippen LogP contribution in [0.4, 0.5) is 0 Å². The van der Waals surface area contributed by atoms with Gasteiger partial charge in [-0.3, -0.25) is 0 Å². The molecule has 0 heterocycles. The van der Waals surface area contributed by atoms with Gasteiger partial charge in [-0.25, -0.2) is 0 Å². The van der Waals surface area contributed by atoms with E-state index in [9.17, 15) is 5.11 Å². The third-order valence-corrected chi connectivity index (χ3v) is 4.05. The van der Waals surface area contributed by atoms with Crippen molar-refractivity contribution < 1.29 is 9.84 Å². The molecule has 0 amide bonds. The van der Waals surface area contributed by atoms with E-state index in [1.54, 1.807) is 6.92 Å². The van der Waals surface area contributed by atoms with Crippen molar-refractivity contribution in [1.29, 1.82) is 0 Å². The Kier molecular flexibility index (Phi) is 3.43. The lowest BCUT2D eigenvalue weighted by atomic mass is 9.86. The van der Waals surface area contributed by atoms with Gasteiger partial charge in [0.2, 0.25) is 0 Å². The van der Waals surface area contributed by atoms with Gasteiger partial charge < -0.3 is 9.84 Å². The molecule has 1 atom stereocenters. The molecule has 2 aromatic rings. The van der Waals surface area contributed by atoms with Crippen LogP contribution in [0.25, 0.3) is 10.8 Å². The van der Waals surface area contributed by atoms with Gasteiger partial charge in [-0.2, -0.15) is 0 Å². The average molecular weight is 256 g/mol. The summed E-state index contributed by atoms with van der Waals surface area (Å²) in [6.07, 6.45) is 3.37. The predicted molar refractivity (Wildman–Crippen MR) is 77.4 cm³/mol. The molecule has 1 aliphatic carbocycles. The largest absolute Gasteiger partial charge is 0.492 e. The summed E-state index contributed by atoms with van der Waals surface area (Å²) in [5.74, 6) is 1.56. The van der Waals surface area contributed by atoms with E-state index in [2.05, 4.69) is 12.1 Å². The summed E-state index contributed by atoms with van der Waals surface area (Å²) in [4.78, 5) is 0. The van der Waals surface area contributed by atoms with Crippen LogP contribution in [-0.2, 0) is 0 Å². The van der Waals surface area contributed by atoms with Crippen LogP contribution in [0, 0.1) is 5.92 Å². The number of aliphatic hydroxyl groups excluding tert-OH is 1. The number of aliphatic hydroxyl groups is 1. The summed E-state index contributed by atoms with van der Waals surface area (Å²) < 4.78 is 6.06. The van der Waals surface area contributed by atoms with Gasteiger partial charge in [-0.1, -0.05) is 42.8 Å². The SMILES string of the molecule is CC(O)c1ccc2ccccc2c1OCC1CCC1. The lowest BCUT2D eigenvalue weighted by molar-refractivity contribution is 0.166. The summed E-state index contributed by atoms with van der Waals surface area (Å²) in [5, 5.41) is 12.2. The molecule has 0 aliphatic heterocycles. The first-order chi connectivity index (χ1) is 9.25. The van der Waals surface area contributed by atoms with E-state index in [1.807, 2.05) is 24.3 Å². The number of hydrogen-bond donors (Lipinski definition) is 1. The van der Waals surface area contributed by atoms with E-state index in [0.29, 0.717) is 5.92 Å². The fourth-order valence-electron chi connectivity index (χ4n) is 2.61. The van der Waals surface area contributed by atoms with Crippen LogP contribution in [0.1, 0.15) is 37.9 Å². The Morgan fingerprint density at radius 3 is 2.68 bits per heavy atom. The zero-order valence-electron chi connectivity index (χ0n) is 11.3. The third-order valence-electron chi connectivity index (χ3n) is 4.05. The molecule has 0 bridgehead atoms. The molecule has 2 aromatic carbocycles. The molecular weight excluding hydrogens is 236 g/mol. The quantitative estimate of drug-likeness (QED) is 0.893. The Balaban J connectivity index is 1.98. The number of ether oxygens (including phenoxy) is 1. The fraction of sp³-hybridized carbons (Fsp3) is 0.412. The Morgan fingerprint density at radius 1 is 1.21 bits per heavy atom. The minimum absolute atomic E-state index is 0.499. The van der Waals surface area contributed by atoms with Crippen molar-refractivity contribution in [2.75, 3.05) is 6.61 Å². The molecule has 0 radical (unpaired) electrons. The maximum Gasteiger partial charge on any atom is 0.132 e. The van der Waals surface area contributed by atoms with Crippen LogP contribution in [0.3, 0.4) is 0 Å². The van der Waals surface area contributed by atoms with Gasteiger partial charge in [0.1, 0.15) is 5.75 Å². The molecule has 3 rings (SSSR count).